The third kappa shape index (κ3) is 8.00. The Morgan fingerprint density at radius 3 is 2.33 bits per heavy atom. The second-order valence-electron chi connectivity index (χ2n) is 9.91. The molecule has 2 aromatic carbocycles. The number of nitrogens with zero attached hydrogens (tertiary/aromatic N) is 3. The Bertz CT molecular complexity index is 1330. The lowest BCUT2D eigenvalue weighted by Crippen LogP contribution is -2.47. The highest BCUT2D eigenvalue weighted by Gasteiger charge is 2.38. The maximum absolute atomic E-state index is 13.5. The molecule has 0 atom stereocenters. The van der Waals surface area contributed by atoms with Gasteiger partial charge in [0.05, 0.1) is 23.1 Å². The van der Waals surface area contributed by atoms with Crippen molar-refractivity contribution in [2.24, 2.45) is 4.99 Å². The molecule has 228 valence electrons. The highest BCUT2D eigenvalue weighted by molar-refractivity contribution is 8.18. The van der Waals surface area contributed by atoms with Gasteiger partial charge in [0.1, 0.15) is 6.61 Å². The zero-order valence-electron chi connectivity index (χ0n) is 23.1. The van der Waals surface area contributed by atoms with Crippen molar-refractivity contribution in [2.45, 2.75) is 45.1 Å². The molecule has 1 saturated heterocycles. The Labute approximate surface area is 244 Å². The fraction of sp³-hybridized carbons (Fsp3) is 0.448. The van der Waals surface area contributed by atoms with E-state index in [-0.39, 0.29) is 23.5 Å². The first-order valence-corrected chi connectivity index (χ1v) is 14.3. The summed E-state index contributed by atoms with van der Waals surface area (Å²) in [4.78, 5) is 21.8. The Morgan fingerprint density at radius 2 is 1.69 bits per heavy atom. The summed E-state index contributed by atoms with van der Waals surface area (Å²) in [5, 5.41) is 0.656. The molecule has 0 unspecified atom stereocenters. The Morgan fingerprint density at radius 1 is 0.952 bits per heavy atom. The highest BCUT2D eigenvalue weighted by Crippen LogP contribution is 2.39. The maximum atomic E-state index is 13.5. The number of halogens is 6. The van der Waals surface area contributed by atoms with E-state index in [1.54, 1.807) is 18.2 Å². The normalized spacial score (nSPS) is 17.6. The van der Waals surface area contributed by atoms with Crippen molar-refractivity contribution in [3.63, 3.8) is 0 Å². The van der Waals surface area contributed by atoms with Crippen LogP contribution in [0.1, 0.15) is 48.4 Å². The minimum Gasteiger partial charge on any atom is -0.493 e. The number of carbonyl (C=O) groups excluding carboxylic acids is 1. The molecule has 0 radical (unpaired) electrons. The van der Waals surface area contributed by atoms with E-state index in [0.29, 0.717) is 21.7 Å². The lowest BCUT2D eigenvalue weighted by atomic mass is 10.0. The average molecular weight is 616 g/mol. The lowest BCUT2D eigenvalue weighted by molar-refractivity contribution is -0.143. The molecule has 2 aliphatic rings. The van der Waals surface area contributed by atoms with Crippen molar-refractivity contribution < 1.29 is 40.6 Å². The molecule has 0 aliphatic carbocycles. The van der Waals surface area contributed by atoms with E-state index in [0.717, 1.165) is 38.8 Å². The lowest BCUT2D eigenvalue weighted by Gasteiger charge is -2.35. The standard InChI is InChI=1S/C29H31F6N3O3S/c1-3-4-5-10-37-11-13-38(14-12-37)27-36-26(39)25(42-27)16-19-6-9-23(24(15-19)40-2)41-18-20-7-8-21(28(30,31)32)17-22(20)29(33,34)35/h6-9,15-17H,3-5,10-14,18H2,1-2H3. The third-order valence-corrected chi connectivity index (χ3v) is 7.99. The fourth-order valence-electron chi connectivity index (χ4n) is 4.62. The summed E-state index contributed by atoms with van der Waals surface area (Å²) in [6.07, 6.45) is -4.71. The number of hydrogen-bond donors (Lipinski definition) is 0. The van der Waals surface area contributed by atoms with E-state index >= 15 is 0 Å². The van der Waals surface area contributed by atoms with Gasteiger partial charge in [-0.15, -0.1) is 0 Å². The number of piperazine rings is 1. The first-order chi connectivity index (χ1) is 19.9. The molecule has 13 heteroatoms. The summed E-state index contributed by atoms with van der Waals surface area (Å²) in [5.74, 6) is -0.0888. The molecular formula is C29H31F6N3O3S. The van der Waals surface area contributed by atoms with Gasteiger partial charge in [0.2, 0.25) is 0 Å². The molecule has 2 aromatic rings. The van der Waals surface area contributed by atoms with E-state index in [2.05, 4.69) is 21.7 Å². The molecular weight excluding hydrogens is 584 g/mol. The van der Waals surface area contributed by atoms with E-state index in [4.69, 9.17) is 9.47 Å². The van der Waals surface area contributed by atoms with Crippen LogP contribution in [0, 0.1) is 0 Å². The first kappa shape index (κ1) is 31.7. The minimum atomic E-state index is -5.01. The molecule has 6 nitrogen and oxygen atoms in total. The van der Waals surface area contributed by atoms with Crippen molar-refractivity contribution in [1.82, 2.24) is 9.80 Å². The van der Waals surface area contributed by atoms with Gasteiger partial charge in [-0.2, -0.15) is 31.3 Å². The van der Waals surface area contributed by atoms with Gasteiger partial charge >= 0.3 is 12.4 Å². The van der Waals surface area contributed by atoms with Crippen LogP contribution < -0.4 is 9.47 Å². The molecule has 2 aliphatic heterocycles. The predicted octanol–water partition coefficient (Wildman–Crippen LogP) is 7.09. The molecule has 0 aromatic heterocycles. The predicted molar refractivity (Wildman–Crippen MR) is 149 cm³/mol. The van der Waals surface area contributed by atoms with Crippen LogP contribution in [0.25, 0.3) is 6.08 Å². The number of methoxy groups -OCH3 is 1. The summed E-state index contributed by atoms with van der Waals surface area (Å²) in [7, 11) is 1.34. The van der Waals surface area contributed by atoms with Crippen LogP contribution in [0.3, 0.4) is 0 Å². The smallest absolute Gasteiger partial charge is 0.416 e. The number of amides is 1. The Kier molecular flexibility index (Phi) is 10.1. The molecule has 0 saturated carbocycles. The number of alkyl halides is 6. The van der Waals surface area contributed by atoms with Crippen LogP contribution in [-0.4, -0.2) is 60.7 Å². The largest absolute Gasteiger partial charge is 0.493 e. The minimum absolute atomic E-state index is 0.0747. The topological polar surface area (TPSA) is 54.4 Å². The van der Waals surface area contributed by atoms with Crippen molar-refractivity contribution in [3.05, 3.63) is 63.6 Å². The number of thioether (sulfide) groups is 1. The second-order valence-corrected chi connectivity index (χ2v) is 10.9. The molecule has 42 heavy (non-hydrogen) atoms. The van der Waals surface area contributed by atoms with Crippen molar-refractivity contribution in [1.29, 1.82) is 0 Å². The van der Waals surface area contributed by atoms with E-state index < -0.39 is 35.6 Å². The van der Waals surface area contributed by atoms with Gasteiger partial charge in [-0.05, 0) is 60.6 Å². The Hall–Kier alpha value is -3.19. The molecule has 2 heterocycles. The Balaban J connectivity index is 1.41. The van der Waals surface area contributed by atoms with Gasteiger partial charge in [-0.25, -0.2) is 0 Å². The zero-order chi connectivity index (χ0) is 30.5. The summed E-state index contributed by atoms with van der Waals surface area (Å²) in [6.45, 7) is 6.00. The number of ether oxygens (including phenoxy) is 2. The van der Waals surface area contributed by atoms with Crippen LogP contribution in [0.4, 0.5) is 26.3 Å². The van der Waals surface area contributed by atoms with Crippen molar-refractivity contribution in [3.8, 4) is 11.5 Å². The molecule has 0 N–H and O–H groups in total. The number of rotatable bonds is 9. The molecule has 1 amide bonds. The summed E-state index contributed by atoms with van der Waals surface area (Å²) >= 11 is 1.29. The van der Waals surface area contributed by atoms with Gasteiger partial charge in [0.15, 0.2) is 16.7 Å². The summed E-state index contributed by atoms with van der Waals surface area (Å²) < 4.78 is 90.2. The van der Waals surface area contributed by atoms with E-state index in [9.17, 15) is 31.1 Å². The fourth-order valence-corrected chi connectivity index (χ4v) is 5.59. The molecule has 4 rings (SSSR count). The second kappa shape index (κ2) is 13.4. The zero-order valence-corrected chi connectivity index (χ0v) is 24.0. The van der Waals surface area contributed by atoms with E-state index in [1.807, 2.05) is 0 Å². The number of hydrogen-bond acceptors (Lipinski definition) is 6. The molecule has 0 bridgehead atoms. The summed E-state index contributed by atoms with van der Waals surface area (Å²) in [5.41, 5.74) is -2.70. The van der Waals surface area contributed by atoms with Crippen LogP contribution in [0.5, 0.6) is 11.5 Å². The highest BCUT2D eigenvalue weighted by atomic mass is 32.2. The van der Waals surface area contributed by atoms with Crippen LogP contribution in [0.15, 0.2) is 46.3 Å². The van der Waals surface area contributed by atoms with Gasteiger partial charge in [-0.1, -0.05) is 31.9 Å². The summed E-state index contributed by atoms with van der Waals surface area (Å²) in [6, 6.07) is 6.03. The number of benzene rings is 2. The van der Waals surface area contributed by atoms with Crippen LogP contribution in [-0.2, 0) is 23.8 Å². The van der Waals surface area contributed by atoms with E-state index in [1.165, 1.54) is 44.2 Å². The van der Waals surface area contributed by atoms with Crippen LogP contribution >= 0.6 is 11.8 Å². The molecule has 0 spiro atoms. The quantitative estimate of drug-likeness (QED) is 0.171. The SMILES string of the molecule is CCCCCN1CCN(C2=NC(=O)C(=Cc3ccc(OCc4ccc(C(F)(F)F)cc4C(F)(F)F)c(OC)c3)S2)CC1. The molecule has 1 fully saturated rings. The number of aliphatic imine (C=N–C) groups is 1. The number of amidine groups is 1. The average Bonchev–Trinajstić information content (AvgIpc) is 3.31. The van der Waals surface area contributed by atoms with Crippen LogP contribution in [0.2, 0.25) is 0 Å². The van der Waals surface area contributed by atoms with Gasteiger partial charge in [0.25, 0.3) is 5.91 Å². The van der Waals surface area contributed by atoms with Gasteiger partial charge < -0.3 is 14.4 Å². The number of carbonyl (C=O) groups is 1. The van der Waals surface area contributed by atoms with Crippen molar-refractivity contribution >= 4 is 28.9 Å². The first-order valence-electron chi connectivity index (χ1n) is 13.5. The maximum Gasteiger partial charge on any atom is 0.416 e. The third-order valence-electron chi connectivity index (χ3n) is 6.94. The van der Waals surface area contributed by atoms with Gasteiger partial charge in [-0.3, -0.25) is 9.69 Å². The number of unbranched alkanes of at least 4 members (excludes halogenated alkanes) is 2. The van der Waals surface area contributed by atoms with Crippen molar-refractivity contribution in [2.75, 3.05) is 39.8 Å². The monoisotopic (exact) mass is 615 g/mol. The van der Waals surface area contributed by atoms with Gasteiger partial charge in [0, 0.05) is 31.7 Å².